The van der Waals surface area contributed by atoms with Gasteiger partial charge < -0.3 is 9.80 Å². The first-order valence-corrected chi connectivity index (χ1v) is 6.56. The van der Waals surface area contributed by atoms with Crippen LogP contribution in [-0.2, 0) is 6.54 Å². The van der Waals surface area contributed by atoms with Crippen LogP contribution in [0.1, 0.15) is 5.56 Å². The van der Waals surface area contributed by atoms with Gasteiger partial charge in [-0.05, 0) is 23.8 Å². The van der Waals surface area contributed by atoms with Crippen LogP contribution < -0.4 is 0 Å². The molecule has 20 heavy (non-hydrogen) atoms. The Labute approximate surface area is 120 Å². The number of aliphatic imine (C=N–C) groups is 1. The first kappa shape index (κ1) is 14.1. The number of hydrogen-bond acceptors (Lipinski definition) is 2. The Morgan fingerprint density at radius 3 is 2.25 bits per heavy atom. The van der Waals surface area contributed by atoms with Crippen molar-refractivity contribution in [1.82, 2.24) is 19.6 Å². The molecule has 0 N–H and O–H groups in total. The number of hydrogen-bond donors (Lipinski definition) is 0. The van der Waals surface area contributed by atoms with E-state index in [1.54, 1.807) is 6.20 Å². The molecular weight excluding hydrogens is 250 g/mol. The van der Waals surface area contributed by atoms with Crippen LogP contribution in [0.4, 0.5) is 0 Å². The van der Waals surface area contributed by atoms with E-state index in [0.717, 1.165) is 11.6 Å². The topological polar surface area (TPSA) is 36.7 Å². The molecule has 0 saturated heterocycles. The summed E-state index contributed by atoms with van der Waals surface area (Å²) in [6, 6.07) is 10.2. The highest BCUT2D eigenvalue weighted by molar-refractivity contribution is 5.79. The van der Waals surface area contributed by atoms with Crippen molar-refractivity contribution >= 4 is 5.96 Å². The molecule has 5 nitrogen and oxygen atoms in total. The van der Waals surface area contributed by atoms with E-state index >= 15 is 0 Å². The summed E-state index contributed by atoms with van der Waals surface area (Å²) in [4.78, 5) is 8.66. The Hall–Kier alpha value is -2.30. The van der Waals surface area contributed by atoms with Crippen LogP contribution in [0.25, 0.3) is 5.69 Å². The second-order valence-corrected chi connectivity index (χ2v) is 5.02. The molecular formula is C15H21N5. The molecule has 0 spiro atoms. The van der Waals surface area contributed by atoms with Crippen LogP contribution in [0.5, 0.6) is 0 Å². The Morgan fingerprint density at radius 2 is 1.75 bits per heavy atom. The number of nitrogens with zero attached hydrogens (tertiary/aromatic N) is 5. The van der Waals surface area contributed by atoms with E-state index in [2.05, 4.69) is 34.4 Å². The molecule has 0 fully saturated rings. The van der Waals surface area contributed by atoms with Gasteiger partial charge in [-0.25, -0.2) is 9.67 Å². The zero-order valence-electron chi connectivity index (χ0n) is 12.5. The standard InChI is InChI=1S/C15H21N5/c1-18(2)15(19(3)4)16-12-13-6-8-14(9-7-13)20-11-5-10-17-20/h5-11H,12H2,1-4H3. The molecule has 5 heteroatoms. The van der Waals surface area contributed by atoms with Gasteiger partial charge in [-0.1, -0.05) is 12.1 Å². The lowest BCUT2D eigenvalue weighted by Crippen LogP contribution is -2.35. The molecule has 2 aromatic rings. The summed E-state index contributed by atoms with van der Waals surface area (Å²) in [5.41, 5.74) is 2.24. The Morgan fingerprint density at radius 1 is 1.10 bits per heavy atom. The highest BCUT2D eigenvalue weighted by Gasteiger charge is 2.04. The molecule has 1 aromatic carbocycles. The van der Waals surface area contributed by atoms with Crippen LogP contribution in [-0.4, -0.2) is 53.7 Å². The van der Waals surface area contributed by atoms with Crippen molar-refractivity contribution in [3.63, 3.8) is 0 Å². The van der Waals surface area contributed by atoms with Gasteiger partial charge in [-0.2, -0.15) is 5.10 Å². The van der Waals surface area contributed by atoms with Gasteiger partial charge in [0.15, 0.2) is 5.96 Å². The smallest absolute Gasteiger partial charge is 0.195 e. The van der Waals surface area contributed by atoms with Crippen molar-refractivity contribution in [3.05, 3.63) is 48.3 Å². The molecule has 0 aliphatic carbocycles. The van der Waals surface area contributed by atoms with Crippen LogP contribution in [0.15, 0.2) is 47.7 Å². The lowest BCUT2D eigenvalue weighted by Gasteiger charge is -2.22. The zero-order chi connectivity index (χ0) is 14.5. The van der Waals surface area contributed by atoms with Crippen molar-refractivity contribution in [2.75, 3.05) is 28.2 Å². The predicted octanol–water partition coefficient (Wildman–Crippen LogP) is 1.85. The molecule has 2 rings (SSSR count). The molecule has 1 aromatic heterocycles. The largest absolute Gasteiger partial charge is 0.349 e. The summed E-state index contributed by atoms with van der Waals surface area (Å²) < 4.78 is 1.85. The molecule has 0 atom stereocenters. The highest BCUT2D eigenvalue weighted by atomic mass is 15.3. The molecule has 1 heterocycles. The molecule has 0 aliphatic rings. The fourth-order valence-electron chi connectivity index (χ4n) is 2.02. The van der Waals surface area contributed by atoms with Crippen molar-refractivity contribution < 1.29 is 0 Å². The number of rotatable bonds is 3. The van der Waals surface area contributed by atoms with E-state index in [0.29, 0.717) is 6.54 Å². The van der Waals surface area contributed by atoms with Gasteiger partial charge in [0.1, 0.15) is 0 Å². The van der Waals surface area contributed by atoms with Gasteiger partial charge in [0.2, 0.25) is 0 Å². The average molecular weight is 271 g/mol. The lowest BCUT2D eigenvalue weighted by molar-refractivity contribution is 0.479. The third kappa shape index (κ3) is 3.38. The van der Waals surface area contributed by atoms with Gasteiger partial charge >= 0.3 is 0 Å². The second kappa shape index (κ2) is 6.23. The minimum atomic E-state index is 0.672. The minimum absolute atomic E-state index is 0.672. The van der Waals surface area contributed by atoms with E-state index in [1.165, 1.54) is 5.56 Å². The maximum absolute atomic E-state index is 4.63. The molecule has 0 unspecified atom stereocenters. The summed E-state index contributed by atoms with van der Waals surface area (Å²) in [5, 5.41) is 4.21. The van der Waals surface area contributed by atoms with Gasteiger partial charge in [0, 0.05) is 40.6 Å². The van der Waals surface area contributed by atoms with Crippen molar-refractivity contribution in [1.29, 1.82) is 0 Å². The highest BCUT2D eigenvalue weighted by Crippen LogP contribution is 2.09. The van der Waals surface area contributed by atoms with Gasteiger partial charge in [-0.3, -0.25) is 0 Å². The zero-order valence-corrected chi connectivity index (χ0v) is 12.5. The van der Waals surface area contributed by atoms with E-state index in [4.69, 9.17) is 0 Å². The minimum Gasteiger partial charge on any atom is -0.349 e. The number of aromatic nitrogens is 2. The normalized spacial score (nSPS) is 10.2. The van der Waals surface area contributed by atoms with Crippen LogP contribution in [0, 0.1) is 0 Å². The number of guanidine groups is 1. The summed E-state index contributed by atoms with van der Waals surface area (Å²) in [5.74, 6) is 0.959. The summed E-state index contributed by atoms with van der Waals surface area (Å²) >= 11 is 0. The van der Waals surface area contributed by atoms with E-state index in [9.17, 15) is 0 Å². The molecule has 0 saturated carbocycles. The first-order chi connectivity index (χ1) is 9.58. The molecule has 0 bridgehead atoms. The van der Waals surface area contributed by atoms with Gasteiger partial charge in [0.05, 0.1) is 12.2 Å². The third-order valence-electron chi connectivity index (χ3n) is 2.91. The Bertz CT molecular complexity index is 542. The van der Waals surface area contributed by atoms with E-state index in [-0.39, 0.29) is 0 Å². The molecule has 106 valence electrons. The van der Waals surface area contributed by atoms with Gasteiger partial charge in [-0.15, -0.1) is 0 Å². The van der Waals surface area contributed by atoms with Crippen molar-refractivity contribution in [2.45, 2.75) is 6.54 Å². The average Bonchev–Trinajstić information content (AvgIpc) is 2.92. The Balaban J connectivity index is 2.09. The third-order valence-corrected chi connectivity index (χ3v) is 2.91. The molecule has 0 aliphatic heterocycles. The molecule has 0 radical (unpaired) electrons. The van der Waals surface area contributed by atoms with E-state index in [1.807, 2.05) is 54.9 Å². The quantitative estimate of drug-likeness (QED) is 0.631. The monoisotopic (exact) mass is 271 g/mol. The van der Waals surface area contributed by atoms with E-state index < -0.39 is 0 Å². The fraction of sp³-hybridized carbons (Fsp3) is 0.333. The van der Waals surface area contributed by atoms with Crippen molar-refractivity contribution in [3.8, 4) is 5.69 Å². The van der Waals surface area contributed by atoms with Crippen LogP contribution in [0.2, 0.25) is 0 Å². The predicted molar refractivity (Wildman–Crippen MR) is 82.1 cm³/mol. The second-order valence-electron chi connectivity index (χ2n) is 5.02. The maximum atomic E-state index is 4.63. The Kier molecular flexibility index (Phi) is 4.40. The summed E-state index contributed by atoms with van der Waals surface area (Å²) in [7, 11) is 8.00. The summed E-state index contributed by atoms with van der Waals surface area (Å²) in [6.07, 6.45) is 3.71. The maximum Gasteiger partial charge on any atom is 0.195 e. The SMILES string of the molecule is CN(C)C(=NCc1ccc(-n2cccn2)cc1)N(C)C. The summed E-state index contributed by atoms with van der Waals surface area (Å²) in [6.45, 7) is 0.672. The molecule has 0 amide bonds. The van der Waals surface area contributed by atoms with Crippen molar-refractivity contribution in [2.24, 2.45) is 4.99 Å². The van der Waals surface area contributed by atoms with Crippen LogP contribution in [0.3, 0.4) is 0 Å². The first-order valence-electron chi connectivity index (χ1n) is 6.56. The fourth-order valence-corrected chi connectivity index (χ4v) is 2.02. The van der Waals surface area contributed by atoms with Crippen LogP contribution >= 0.6 is 0 Å². The van der Waals surface area contributed by atoms with Gasteiger partial charge in [0.25, 0.3) is 0 Å². The number of benzene rings is 1. The lowest BCUT2D eigenvalue weighted by atomic mass is 10.2.